The number of alkyl halides is 3. The van der Waals surface area contributed by atoms with Gasteiger partial charge in [0.15, 0.2) is 11.6 Å². The molecule has 2 saturated heterocycles. The number of hydrogen-bond donors (Lipinski definition) is 2. The zero-order valence-electron chi connectivity index (χ0n) is 26.2. The molecule has 2 fully saturated rings. The molecule has 0 unspecified atom stereocenters. The van der Waals surface area contributed by atoms with Gasteiger partial charge in [0.1, 0.15) is 30.4 Å². The Morgan fingerprint density at radius 1 is 1.10 bits per heavy atom. The minimum Gasteiger partial charge on any atom is -0.489 e. The van der Waals surface area contributed by atoms with Crippen molar-refractivity contribution >= 4 is 39.8 Å². The van der Waals surface area contributed by atoms with Crippen LogP contribution in [-0.4, -0.2) is 76.4 Å². The first-order valence-corrected chi connectivity index (χ1v) is 15.9. The second kappa shape index (κ2) is 12.3. The quantitative estimate of drug-likeness (QED) is 0.246. The van der Waals surface area contributed by atoms with Gasteiger partial charge in [-0.1, -0.05) is 11.6 Å². The molecule has 254 valence electrons. The predicted molar refractivity (Wildman–Crippen MR) is 172 cm³/mol. The van der Waals surface area contributed by atoms with E-state index < -0.39 is 39.9 Å². The van der Waals surface area contributed by atoms with Crippen LogP contribution in [0.25, 0.3) is 22.2 Å². The minimum atomic E-state index is -4.90. The topological polar surface area (TPSA) is 138 Å². The van der Waals surface area contributed by atoms with E-state index in [1.54, 1.807) is 12.3 Å². The average Bonchev–Trinajstić information content (AvgIpc) is 3.35. The maximum atomic E-state index is 16.9. The lowest BCUT2D eigenvalue weighted by atomic mass is 9.98. The van der Waals surface area contributed by atoms with Crippen LogP contribution in [0.15, 0.2) is 24.5 Å². The number of nitrogens with zero attached hydrogens (tertiary/aromatic N) is 6. The van der Waals surface area contributed by atoms with Crippen LogP contribution in [0.1, 0.15) is 42.5 Å². The van der Waals surface area contributed by atoms with Gasteiger partial charge in [-0.3, -0.25) is 9.88 Å². The highest BCUT2D eigenvalue weighted by atomic mass is 35.5. The number of halogens is 5. The molecule has 0 amide bonds. The van der Waals surface area contributed by atoms with Crippen molar-refractivity contribution in [2.45, 2.75) is 51.0 Å². The predicted octanol–water partition coefficient (Wildman–Crippen LogP) is 5.57. The smallest absolute Gasteiger partial charge is 0.418 e. The Balaban J connectivity index is 1.42. The summed E-state index contributed by atoms with van der Waals surface area (Å²) in [4.78, 5) is 21.5. The number of nitrogens with two attached hydrogens (primary N) is 2. The number of aromatic nitrogens is 4. The van der Waals surface area contributed by atoms with Crippen LogP contribution in [0.3, 0.4) is 0 Å². The molecule has 4 N–H and O–H groups in total. The molecule has 6 heterocycles. The second-order valence-corrected chi connectivity index (χ2v) is 12.6. The summed E-state index contributed by atoms with van der Waals surface area (Å²) in [5.41, 5.74) is 9.96. The molecular weight excluding hydrogens is 656 g/mol. The molecule has 0 spiro atoms. The van der Waals surface area contributed by atoms with Gasteiger partial charge in [-0.15, -0.1) is 0 Å². The molecule has 3 atom stereocenters. The number of fused-ring (bicyclic) bond motifs is 1. The maximum absolute atomic E-state index is 16.9. The van der Waals surface area contributed by atoms with Crippen LogP contribution < -0.4 is 25.8 Å². The van der Waals surface area contributed by atoms with Crippen molar-refractivity contribution in [1.29, 1.82) is 0 Å². The molecule has 11 nitrogen and oxygen atoms in total. The third-order valence-electron chi connectivity index (χ3n) is 9.26. The molecule has 0 bridgehead atoms. The van der Waals surface area contributed by atoms with E-state index in [-0.39, 0.29) is 71.7 Å². The molecule has 4 aromatic rings. The van der Waals surface area contributed by atoms with Gasteiger partial charge >= 0.3 is 12.2 Å². The van der Waals surface area contributed by atoms with Crippen molar-refractivity contribution < 1.29 is 31.8 Å². The number of pyridine rings is 2. The van der Waals surface area contributed by atoms with Crippen LogP contribution >= 0.6 is 11.6 Å². The van der Waals surface area contributed by atoms with E-state index in [9.17, 15) is 13.2 Å². The lowest BCUT2D eigenvalue weighted by molar-refractivity contribution is -0.137. The number of aryl methyl sites for hydroxylation is 1. The third-order valence-corrected chi connectivity index (χ3v) is 9.62. The molecule has 3 aromatic heterocycles. The van der Waals surface area contributed by atoms with Crippen molar-refractivity contribution in [3.8, 4) is 23.0 Å². The lowest BCUT2D eigenvalue weighted by Gasteiger charge is -2.33. The molecular formula is C32H33ClF4N8O3. The summed E-state index contributed by atoms with van der Waals surface area (Å²) in [5, 5.41) is -0.330. The highest BCUT2D eigenvalue weighted by molar-refractivity contribution is 6.36. The maximum Gasteiger partial charge on any atom is 0.418 e. The van der Waals surface area contributed by atoms with Crippen molar-refractivity contribution in [3.63, 3.8) is 0 Å². The molecule has 3 aliphatic rings. The summed E-state index contributed by atoms with van der Waals surface area (Å²) >= 11 is 6.79. The van der Waals surface area contributed by atoms with Gasteiger partial charge in [-0.05, 0) is 49.9 Å². The fourth-order valence-corrected chi connectivity index (χ4v) is 7.32. The summed E-state index contributed by atoms with van der Waals surface area (Å²) < 4.78 is 78.1. The fourth-order valence-electron chi connectivity index (χ4n) is 7.00. The van der Waals surface area contributed by atoms with Gasteiger partial charge in [0.2, 0.25) is 0 Å². The Bertz CT molecular complexity index is 1900. The number of rotatable bonds is 6. The first-order valence-electron chi connectivity index (χ1n) is 15.6. The minimum absolute atomic E-state index is 0.0303. The van der Waals surface area contributed by atoms with Crippen molar-refractivity contribution in [2.75, 3.05) is 55.9 Å². The molecule has 7 rings (SSSR count). The third kappa shape index (κ3) is 5.66. The van der Waals surface area contributed by atoms with Gasteiger partial charge in [-0.25, -0.2) is 9.37 Å². The Morgan fingerprint density at radius 2 is 1.92 bits per heavy atom. The standard InChI is InChI=1S/C32H33ClF4N8O3/c1-15-9-21(39)41-27(24(15)32(35,36)37)22-25(33)29-23-28(26(22)34)42-31(48-14-20-4-3-19-13-46-7-5-45(19)20)43-30(23)44(6-8-47-29)16(2)17-10-18(38)12-40-11-17/h9-12,16,19-20H,3-8,13-14,38H2,1-2H3,(H2,39,41)/t16-,19-,20-/m0/s1. The summed E-state index contributed by atoms with van der Waals surface area (Å²) in [6, 6.07) is 2.64. The molecule has 3 aliphatic heterocycles. The Morgan fingerprint density at radius 3 is 2.69 bits per heavy atom. The Hall–Kier alpha value is -4.21. The molecule has 48 heavy (non-hydrogen) atoms. The monoisotopic (exact) mass is 688 g/mol. The molecule has 0 radical (unpaired) electrons. The largest absolute Gasteiger partial charge is 0.489 e. The highest BCUT2D eigenvalue weighted by Gasteiger charge is 2.41. The van der Waals surface area contributed by atoms with E-state index in [4.69, 9.17) is 42.3 Å². The van der Waals surface area contributed by atoms with Gasteiger partial charge in [0.25, 0.3) is 0 Å². The molecule has 16 heteroatoms. The Labute approximate surface area is 278 Å². The van der Waals surface area contributed by atoms with Gasteiger partial charge in [0.05, 0.1) is 58.7 Å². The van der Waals surface area contributed by atoms with Gasteiger partial charge in [0, 0.05) is 31.0 Å². The van der Waals surface area contributed by atoms with Crippen molar-refractivity contribution in [3.05, 3.63) is 52.1 Å². The van der Waals surface area contributed by atoms with E-state index in [1.807, 2.05) is 11.8 Å². The normalized spacial score (nSPS) is 20.4. The highest BCUT2D eigenvalue weighted by Crippen LogP contribution is 2.50. The number of benzene rings is 1. The van der Waals surface area contributed by atoms with Gasteiger partial charge in [-0.2, -0.15) is 23.1 Å². The average molecular weight is 689 g/mol. The SMILES string of the molecule is Cc1cc(N)nc(-c2c(Cl)c3c4c(nc(OC[C@@H]5CC[C@H]6COCCN65)nc4c2F)N([C@@H](C)c2cncc(N)c2)CCO3)c1C(F)(F)F. The van der Waals surface area contributed by atoms with Crippen LogP contribution in [0.2, 0.25) is 5.02 Å². The summed E-state index contributed by atoms with van der Waals surface area (Å²) in [5.74, 6) is -1.23. The van der Waals surface area contributed by atoms with Crippen LogP contribution in [0.5, 0.6) is 11.8 Å². The first-order chi connectivity index (χ1) is 22.9. The molecule has 0 aliphatic carbocycles. The van der Waals surface area contributed by atoms with Crippen molar-refractivity contribution in [1.82, 2.24) is 24.8 Å². The van der Waals surface area contributed by atoms with Crippen LogP contribution in [-0.2, 0) is 10.9 Å². The van der Waals surface area contributed by atoms with E-state index in [2.05, 4.69) is 19.9 Å². The zero-order chi connectivity index (χ0) is 33.9. The van der Waals surface area contributed by atoms with E-state index in [0.717, 1.165) is 31.0 Å². The summed E-state index contributed by atoms with van der Waals surface area (Å²) in [6.45, 7) is 5.63. The Kier molecular flexibility index (Phi) is 8.32. The summed E-state index contributed by atoms with van der Waals surface area (Å²) in [7, 11) is 0. The fraction of sp³-hybridized carbons (Fsp3) is 0.438. The van der Waals surface area contributed by atoms with Crippen LogP contribution in [0, 0.1) is 12.7 Å². The number of ether oxygens (including phenoxy) is 3. The lowest BCUT2D eigenvalue weighted by Crippen LogP contribution is -2.46. The number of hydrogen-bond acceptors (Lipinski definition) is 11. The van der Waals surface area contributed by atoms with Crippen molar-refractivity contribution in [2.24, 2.45) is 0 Å². The number of anilines is 3. The summed E-state index contributed by atoms with van der Waals surface area (Å²) in [6.07, 6.45) is 0.0916. The van der Waals surface area contributed by atoms with E-state index in [0.29, 0.717) is 18.9 Å². The van der Waals surface area contributed by atoms with E-state index >= 15 is 4.39 Å². The van der Waals surface area contributed by atoms with Crippen LogP contribution in [0.4, 0.5) is 34.9 Å². The zero-order valence-corrected chi connectivity index (χ0v) is 26.9. The number of nitrogen functional groups attached to an aromatic ring is 2. The first kappa shape index (κ1) is 32.3. The van der Waals surface area contributed by atoms with Gasteiger partial charge < -0.3 is 30.6 Å². The molecule has 0 saturated carbocycles. The van der Waals surface area contributed by atoms with E-state index in [1.165, 1.54) is 13.1 Å². The number of morpholine rings is 1. The second-order valence-electron chi connectivity index (χ2n) is 12.2. The molecule has 1 aromatic carbocycles.